The summed E-state index contributed by atoms with van der Waals surface area (Å²) in [5.74, 6) is 0.983. The SMILES string of the molecule is N#CN1C=CC2=NC=C[NH+]2C1. The third-order valence-electron chi connectivity index (χ3n) is 1.70. The van der Waals surface area contributed by atoms with Crippen molar-refractivity contribution in [3.05, 3.63) is 24.7 Å². The Morgan fingerprint density at radius 1 is 1.73 bits per heavy atom. The van der Waals surface area contributed by atoms with Gasteiger partial charge in [0.05, 0.1) is 6.20 Å². The van der Waals surface area contributed by atoms with Gasteiger partial charge in [-0.3, -0.25) is 0 Å². The van der Waals surface area contributed by atoms with E-state index >= 15 is 0 Å². The number of nitrogens with zero attached hydrogens (tertiary/aromatic N) is 3. The van der Waals surface area contributed by atoms with Crippen LogP contribution in [0.5, 0.6) is 0 Å². The molecule has 1 unspecified atom stereocenters. The van der Waals surface area contributed by atoms with Gasteiger partial charge >= 0.3 is 0 Å². The molecule has 0 aromatic carbocycles. The molecule has 2 aliphatic heterocycles. The monoisotopic (exact) mass is 147 g/mol. The average Bonchev–Trinajstić information content (AvgIpc) is 2.50. The number of fused-ring (bicyclic) bond motifs is 1. The van der Waals surface area contributed by atoms with Gasteiger partial charge < -0.3 is 0 Å². The van der Waals surface area contributed by atoms with Crippen LogP contribution in [0, 0.1) is 11.5 Å². The Hall–Kier alpha value is -1.60. The summed E-state index contributed by atoms with van der Waals surface area (Å²) < 4.78 is 0. The van der Waals surface area contributed by atoms with Crippen LogP contribution in [-0.4, -0.2) is 17.4 Å². The molecule has 2 heterocycles. The van der Waals surface area contributed by atoms with Crippen LogP contribution in [0.25, 0.3) is 0 Å². The minimum atomic E-state index is 0.655. The predicted octanol–water partition coefficient (Wildman–Crippen LogP) is -0.978. The largest absolute Gasteiger partial charge is 0.241 e. The van der Waals surface area contributed by atoms with Gasteiger partial charge in [-0.1, -0.05) is 0 Å². The van der Waals surface area contributed by atoms with Gasteiger partial charge in [0.1, 0.15) is 6.20 Å². The normalized spacial score (nSPS) is 26.3. The van der Waals surface area contributed by atoms with E-state index in [1.165, 1.54) is 0 Å². The molecule has 2 aliphatic rings. The summed E-state index contributed by atoms with van der Waals surface area (Å²) >= 11 is 0. The molecular formula is C7H7N4+. The lowest BCUT2D eigenvalue weighted by atomic mass is 10.4. The van der Waals surface area contributed by atoms with E-state index in [0.717, 1.165) is 10.7 Å². The molecule has 0 radical (unpaired) electrons. The molecule has 4 nitrogen and oxygen atoms in total. The van der Waals surface area contributed by atoms with Crippen molar-refractivity contribution in [2.45, 2.75) is 0 Å². The molecule has 0 spiro atoms. The second kappa shape index (κ2) is 2.22. The highest BCUT2D eigenvalue weighted by molar-refractivity contribution is 5.87. The maximum atomic E-state index is 8.56. The predicted molar refractivity (Wildman–Crippen MR) is 39.0 cm³/mol. The second-order valence-corrected chi connectivity index (χ2v) is 2.40. The van der Waals surface area contributed by atoms with Crippen molar-refractivity contribution in [2.75, 3.05) is 6.67 Å². The topological polar surface area (TPSA) is 43.8 Å². The van der Waals surface area contributed by atoms with Gasteiger partial charge in [-0.15, -0.1) is 0 Å². The fourth-order valence-electron chi connectivity index (χ4n) is 1.13. The lowest BCUT2D eigenvalue weighted by Crippen LogP contribution is -3.11. The molecule has 1 N–H and O–H groups in total. The molecule has 1 atom stereocenters. The molecule has 0 fully saturated rings. The van der Waals surface area contributed by atoms with Crippen LogP contribution < -0.4 is 4.90 Å². The van der Waals surface area contributed by atoms with E-state index in [9.17, 15) is 0 Å². The molecule has 0 aliphatic carbocycles. The quantitative estimate of drug-likeness (QED) is 0.448. The summed E-state index contributed by atoms with van der Waals surface area (Å²) in [6.45, 7) is 0.655. The van der Waals surface area contributed by atoms with E-state index in [0.29, 0.717) is 6.67 Å². The molecule has 4 heteroatoms. The standard InChI is InChI=1S/C7H6N4/c8-5-10-3-1-7-9-2-4-11(7)6-10/h1-4H,6H2/p+1. The van der Waals surface area contributed by atoms with Crippen molar-refractivity contribution in [3.63, 3.8) is 0 Å². The summed E-state index contributed by atoms with van der Waals surface area (Å²) in [4.78, 5) is 6.80. The lowest BCUT2D eigenvalue weighted by Gasteiger charge is -2.18. The highest BCUT2D eigenvalue weighted by Gasteiger charge is 2.22. The van der Waals surface area contributed by atoms with Crippen LogP contribution >= 0.6 is 0 Å². The Kier molecular flexibility index (Phi) is 1.24. The molecule has 2 rings (SSSR count). The Morgan fingerprint density at radius 3 is 3.45 bits per heavy atom. The van der Waals surface area contributed by atoms with E-state index in [2.05, 4.69) is 11.2 Å². The van der Waals surface area contributed by atoms with Crippen molar-refractivity contribution >= 4 is 5.84 Å². The van der Waals surface area contributed by atoms with Gasteiger partial charge in [-0.2, -0.15) is 10.3 Å². The van der Waals surface area contributed by atoms with Crippen LogP contribution in [0.1, 0.15) is 0 Å². The van der Waals surface area contributed by atoms with Gasteiger partial charge in [0.25, 0.3) is 0 Å². The van der Waals surface area contributed by atoms with Gasteiger partial charge in [0.2, 0.25) is 5.84 Å². The summed E-state index contributed by atoms with van der Waals surface area (Å²) in [5, 5.41) is 8.56. The fraction of sp³-hybridized carbons (Fsp3) is 0.143. The average molecular weight is 147 g/mol. The van der Waals surface area contributed by atoms with Crippen molar-refractivity contribution in [3.8, 4) is 6.19 Å². The van der Waals surface area contributed by atoms with Crippen molar-refractivity contribution in [2.24, 2.45) is 4.99 Å². The van der Waals surface area contributed by atoms with Crippen LogP contribution in [0.2, 0.25) is 0 Å². The number of quaternary nitrogens is 1. The van der Waals surface area contributed by atoms with E-state index in [-0.39, 0.29) is 0 Å². The number of aliphatic imine (C=N–C) groups is 1. The first kappa shape index (κ1) is 6.13. The van der Waals surface area contributed by atoms with Crippen LogP contribution in [0.3, 0.4) is 0 Å². The molecule has 11 heavy (non-hydrogen) atoms. The number of rotatable bonds is 0. The molecule has 0 amide bonds. The van der Waals surface area contributed by atoms with E-state index in [1.54, 1.807) is 17.3 Å². The van der Waals surface area contributed by atoms with E-state index < -0.39 is 0 Å². The lowest BCUT2D eigenvalue weighted by molar-refractivity contribution is -0.755. The minimum Gasteiger partial charge on any atom is -0.241 e. The minimum absolute atomic E-state index is 0.655. The van der Waals surface area contributed by atoms with Gasteiger partial charge in [0, 0.05) is 12.3 Å². The van der Waals surface area contributed by atoms with Crippen molar-refractivity contribution in [1.82, 2.24) is 4.90 Å². The van der Waals surface area contributed by atoms with Crippen molar-refractivity contribution < 1.29 is 4.90 Å². The number of hydrogen-bond donors (Lipinski definition) is 1. The zero-order valence-corrected chi connectivity index (χ0v) is 5.86. The molecule has 0 aromatic rings. The van der Waals surface area contributed by atoms with Gasteiger partial charge in [-0.25, -0.2) is 9.80 Å². The molecule has 0 saturated carbocycles. The molecule has 0 aromatic heterocycles. The molecule has 54 valence electrons. The zero-order chi connectivity index (χ0) is 7.68. The second-order valence-electron chi connectivity index (χ2n) is 2.40. The Bertz CT molecular complexity index is 294. The molecule has 0 saturated heterocycles. The first-order valence-electron chi connectivity index (χ1n) is 3.35. The number of hydrogen-bond acceptors (Lipinski definition) is 3. The highest BCUT2D eigenvalue weighted by atomic mass is 15.3. The van der Waals surface area contributed by atoms with E-state index in [4.69, 9.17) is 5.26 Å². The number of amidine groups is 1. The summed E-state index contributed by atoms with van der Waals surface area (Å²) in [7, 11) is 0. The number of nitriles is 1. The van der Waals surface area contributed by atoms with Gasteiger partial charge in [-0.05, 0) is 0 Å². The maximum absolute atomic E-state index is 8.56. The third kappa shape index (κ3) is 0.914. The van der Waals surface area contributed by atoms with Crippen LogP contribution in [0.15, 0.2) is 29.7 Å². The summed E-state index contributed by atoms with van der Waals surface area (Å²) in [6, 6.07) is 0. The van der Waals surface area contributed by atoms with Gasteiger partial charge in [0.15, 0.2) is 12.9 Å². The number of nitrogens with one attached hydrogen (secondary N) is 1. The molecular weight excluding hydrogens is 140 g/mol. The van der Waals surface area contributed by atoms with Crippen LogP contribution in [-0.2, 0) is 0 Å². The zero-order valence-electron chi connectivity index (χ0n) is 5.86. The Morgan fingerprint density at radius 2 is 2.64 bits per heavy atom. The highest BCUT2D eigenvalue weighted by Crippen LogP contribution is 1.93. The Balaban J connectivity index is 2.24. The summed E-state index contributed by atoms with van der Waals surface area (Å²) in [6.07, 6.45) is 9.34. The fourth-order valence-corrected chi connectivity index (χ4v) is 1.13. The summed E-state index contributed by atoms with van der Waals surface area (Å²) in [5.41, 5.74) is 0. The Labute approximate surface area is 64.3 Å². The first-order valence-corrected chi connectivity index (χ1v) is 3.35. The molecule has 0 bridgehead atoms. The van der Waals surface area contributed by atoms with E-state index in [1.807, 2.05) is 12.3 Å². The van der Waals surface area contributed by atoms with Crippen molar-refractivity contribution in [1.29, 1.82) is 5.26 Å². The van der Waals surface area contributed by atoms with Crippen LogP contribution in [0.4, 0.5) is 0 Å². The third-order valence-corrected chi connectivity index (χ3v) is 1.70. The first-order chi connectivity index (χ1) is 5.40. The smallest absolute Gasteiger partial charge is 0.233 e. The maximum Gasteiger partial charge on any atom is 0.233 e.